The summed E-state index contributed by atoms with van der Waals surface area (Å²) in [6.07, 6.45) is 0.893. The molecule has 1 aromatic rings. The second kappa shape index (κ2) is 8.59. The van der Waals surface area contributed by atoms with E-state index in [9.17, 15) is 23.1 Å². The fourth-order valence-corrected chi connectivity index (χ4v) is 2.79. The lowest BCUT2D eigenvalue weighted by molar-refractivity contribution is -0.122. The van der Waals surface area contributed by atoms with E-state index in [1.807, 2.05) is 0 Å². The highest BCUT2D eigenvalue weighted by Gasteiger charge is 2.19. The quantitative estimate of drug-likeness (QED) is 0.584. The van der Waals surface area contributed by atoms with Gasteiger partial charge in [0.05, 0.1) is 12.6 Å². The summed E-state index contributed by atoms with van der Waals surface area (Å²) in [5, 5.41) is 11.8. The van der Waals surface area contributed by atoms with E-state index in [4.69, 9.17) is 0 Å². The van der Waals surface area contributed by atoms with Crippen molar-refractivity contribution in [1.82, 2.24) is 5.32 Å². The number of aliphatic hydroxyl groups is 1. The van der Waals surface area contributed by atoms with Crippen molar-refractivity contribution in [2.24, 2.45) is 0 Å². The summed E-state index contributed by atoms with van der Waals surface area (Å²) in [6, 6.07) is 0.576. The Morgan fingerprint density at radius 3 is 2.30 bits per heavy atom. The van der Waals surface area contributed by atoms with Gasteiger partial charge in [-0.05, 0) is 29.9 Å². The second-order valence-electron chi connectivity index (χ2n) is 6.17. The summed E-state index contributed by atoms with van der Waals surface area (Å²) < 4.78 is 39.5. The number of nitrogens with one attached hydrogen (secondary N) is 1. The molecular weight excluding hydrogens is 327 g/mol. The van der Waals surface area contributed by atoms with E-state index in [0.717, 1.165) is 17.9 Å². The number of benzene rings is 1. The smallest absolute Gasteiger partial charge is 0.220 e. The molecule has 2 N–H and O–H groups in total. The highest BCUT2D eigenvalue weighted by molar-refractivity contribution is 8.00. The van der Waals surface area contributed by atoms with Gasteiger partial charge >= 0.3 is 0 Å². The molecule has 1 atom stereocenters. The van der Waals surface area contributed by atoms with Gasteiger partial charge in [0.25, 0.3) is 0 Å². The zero-order valence-corrected chi connectivity index (χ0v) is 14.3. The summed E-state index contributed by atoms with van der Waals surface area (Å²) >= 11 is 1.73. The summed E-state index contributed by atoms with van der Waals surface area (Å²) in [6.45, 7) is 5.71. The van der Waals surface area contributed by atoms with Gasteiger partial charge in [-0.25, -0.2) is 13.2 Å². The number of aliphatic hydroxyl groups excluding tert-OH is 1. The van der Waals surface area contributed by atoms with Crippen molar-refractivity contribution >= 4 is 17.7 Å². The number of carbonyl (C=O) groups excluding carboxylic acids is 1. The molecule has 0 aliphatic heterocycles. The molecule has 1 unspecified atom stereocenters. The topological polar surface area (TPSA) is 49.3 Å². The molecule has 0 aliphatic rings. The number of carbonyl (C=O) groups is 1. The Morgan fingerprint density at radius 2 is 1.83 bits per heavy atom. The van der Waals surface area contributed by atoms with Gasteiger partial charge in [0.15, 0.2) is 17.5 Å². The van der Waals surface area contributed by atoms with Crippen LogP contribution in [0.2, 0.25) is 0 Å². The van der Waals surface area contributed by atoms with E-state index >= 15 is 0 Å². The van der Waals surface area contributed by atoms with Gasteiger partial charge in [-0.1, -0.05) is 20.8 Å². The molecule has 0 saturated heterocycles. The van der Waals surface area contributed by atoms with Crippen LogP contribution >= 0.6 is 11.8 Å². The third kappa shape index (κ3) is 6.83. The van der Waals surface area contributed by atoms with Gasteiger partial charge in [0, 0.05) is 11.2 Å². The third-order valence-corrected chi connectivity index (χ3v) is 4.37. The van der Waals surface area contributed by atoms with Crippen LogP contribution < -0.4 is 5.32 Å². The number of amides is 1. The molecule has 1 amide bonds. The monoisotopic (exact) mass is 349 g/mol. The van der Waals surface area contributed by atoms with Gasteiger partial charge in [-0.2, -0.15) is 11.8 Å². The Hall–Kier alpha value is -1.21. The number of thioether (sulfide) groups is 1. The zero-order chi connectivity index (χ0) is 17.6. The van der Waals surface area contributed by atoms with E-state index in [0.29, 0.717) is 6.42 Å². The zero-order valence-electron chi connectivity index (χ0n) is 13.5. The van der Waals surface area contributed by atoms with Crippen LogP contribution in [0.25, 0.3) is 0 Å². The molecule has 130 valence electrons. The van der Waals surface area contributed by atoms with Crippen molar-refractivity contribution in [3.8, 4) is 0 Å². The maximum absolute atomic E-state index is 13.2. The predicted molar refractivity (Wildman–Crippen MR) is 85.7 cm³/mol. The lowest BCUT2D eigenvalue weighted by atomic mass is 10.1. The molecular formula is C16H22F3NO2S. The van der Waals surface area contributed by atoms with Gasteiger partial charge in [0.2, 0.25) is 5.91 Å². The lowest BCUT2D eigenvalue weighted by Crippen LogP contribution is -2.31. The molecule has 3 nitrogen and oxygen atoms in total. The minimum atomic E-state index is -1.57. The first-order chi connectivity index (χ1) is 10.6. The highest BCUT2D eigenvalue weighted by Crippen LogP contribution is 2.24. The van der Waals surface area contributed by atoms with Gasteiger partial charge in [-0.3, -0.25) is 4.79 Å². The van der Waals surface area contributed by atoms with Crippen LogP contribution in [-0.4, -0.2) is 28.1 Å². The summed E-state index contributed by atoms with van der Waals surface area (Å²) in [5.74, 6) is -3.80. The van der Waals surface area contributed by atoms with Gasteiger partial charge in [0.1, 0.15) is 0 Å². The Labute approximate surface area is 138 Å². The van der Waals surface area contributed by atoms with Crippen molar-refractivity contribution in [3.05, 3.63) is 35.1 Å². The predicted octanol–water partition coefficient (Wildman–Crippen LogP) is 3.57. The molecule has 0 saturated carbocycles. The standard InChI is InChI=1S/C16H22F3NO2S/c1-16(2,3)23-6-4-5-14(22)20-13(9-21)10-7-11(17)15(19)12(18)8-10/h7-8,13,21H,4-6,9H2,1-3H3,(H,20,22). The first-order valence-corrected chi connectivity index (χ1v) is 8.31. The van der Waals surface area contributed by atoms with Crippen molar-refractivity contribution in [1.29, 1.82) is 0 Å². The second-order valence-corrected chi connectivity index (χ2v) is 8.09. The van der Waals surface area contributed by atoms with Crippen LogP contribution in [0.3, 0.4) is 0 Å². The van der Waals surface area contributed by atoms with Crippen molar-refractivity contribution in [2.75, 3.05) is 12.4 Å². The number of hydrogen-bond acceptors (Lipinski definition) is 3. The molecule has 0 bridgehead atoms. The number of halogens is 3. The molecule has 23 heavy (non-hydrogen) atoms. The molecule has 0 aliphatic carbocycles. The first-order valence-electron chi connectivity index (χ1n) is 7.32. The lowest BCUT2D eigenvalue weighted by Gasteiger charge is -2.19. The van der Waals surface area contributed by atoms with E-state index in [-0.39, 0.29) is 22.6 Å². The number of rotatable bonds is 7. The van der Waals surface area contributed by atoms with E-state index in [2.05, 4.69) is 26.1 Å². The Morgan fingerprint density at radius 1 is 1.26 bits per heavy atom. The van der Waals surface area contributed by atoms with Crippen LogP contribution in [0.15, 0.2) is 12.1 Å². The summed E-state index contributed by atoms with van der Waals surface area (Å²) in [7, 11) is 0. The molecule has 0 spiro atoms. The fourth-order valence-electron chi connectivity index (χ4n) is 1.89. The summed E-state index contributed by atoms with van der Waals surface area (Å²) in [5.41, 5.74) is -0.0127. The van der Waals surface area contributed by atoms with Crippen molar-refractivity contribution in [3.63, 3.8) is 0 Å². The van der Waals surface area contributed by atoms with Crippen LogP contribution in [0, 0.1) is 17.5 Å². The van der Waals surface area contributed by atoms with Gasteiger partial charge in [-0.15, -0.1) is 0 Å². The van der Waals surface area contributed by atoms with E-state index in [1.165, 1.54) is 0 Å². The van der Waals surface area contributed by atoms with Crippen LogP contribution in [0.5, 0.6) is 0 Å². The normalized spacial score (nSPS) is 13.0. The molecule has 0 heterocycles. The molecule has 0 fully saturated rings. The first kappa shape index (κ1) is 19.8. The SMILES string of the molecule is CC(C)(C)SCCCC(=O)NC(CO)c1cc(F)c(F)c(F)c1. The van der Waals surface area contributed by atoms with Crippen LogP contribution in [-0.2, 0) is 4.79 Å². The average molecular weight is 349 g/mol. The van der Waals surface area contributed by atoms with Crippen LogP contribution in [0.1, 0.15) is 45.2 Å². The Kier molecular flexibility index (Phi) is 7.41. The Bertz CT molecular complexity index is 524. The molecule has 1 rings (SSSR count). The summed E-state index contributed by atoms with van der Waals surface area (Å²) in [4.78, 5) is 11.9. The maximum Gasteiger partial charge on any atom is 0.220 e. The molecule has 1 aromatic carbocycles. The average Bonchev–Trinajstić information content (AvgIpc) is 2.45. The van der Waals surface area contributed by atoms with Crippen molar-refractivity contribution in [2.45, 2.75) is 44.4 Å². The molecule has 0 aromatic heterocycles. The Balaban J connectivity index is 2.58. The largest absolute Gasteiger partial charge is 0.394 e. The maximum atomic E-state index is 13.2. The highest BCUT2D eigenvalue weighted by atomic mass is 32.2. The van der Waals surface area contributed by atoms with E-state index in [1.54, 1.807) is 11.8 Å². The van der Waals surface area contributed by atoms with E-state index < -0.39 is 30.1 Å². The molecule has 7 heteroatoms. The molecule has 0 radical (unpaired) electrons. The third-order valence-electron chi connectivity index (χ3n) is 3.01. The van der Waals surface area contributed by atoms with Crippen molar-refractivity contribution < 1.29 is 23.1 Å². The van der Waals surface area contributed by atoms with Crippen LogP contribution in [0.4, 0.5) is 13.2 Å². The number of hydrogen-bond donors (Lipinski definition) is 2. The minimum Gasteiger partial charge on any atom is -0.394 e. The fraction of sp³-hybridized carbons (Fsp3) is 0.562. The minimum absolute atomic E-state index is 0.0127. The van der Waals surface area contributed by atoms with Gasteiger partial charge < -0.3 is 10.4 Å².